The number of benzene rings is 1. The van der Waals surface area contributed by atoms with Gasteiger partial charge in [0.15, 0.2) is 11.5 Å². The van der Waals surface area contributed by atoms with Crippen molar-refractivity contribution in [2.75, 3.05) is 26.2 Å². The Balaban J connectivity index is 1.67. The number of aryl methyl sites for hydroxylation is 1. The number of ether oxygens (including phenoxy) is 3. The van der Waals surface area contributed by atoms with Crippen LogP contribution in [0.1, 0.15) is 16.8 Å². The van der Waals surface area contributed by atoms with Gasteiger partial charge in [-0.15, -0.1) is 5.10 Å². The lowest BCUT2D eigenvalue weighted by Crippen LogP contribution is -2.18. The summed E-state index contributed by atoms with van der Waals surface area (Å²) in [6.07, 6.45) is 1.82. The van der Waals surface area contributed by atoms with E-state index in [0.29, 0.717) is 31.1 Å². The molecule has 0 radical (unpaired) electrons. The molecule has 0 amide bonds. The average Bonchev–Trinajstić information content (AvgIpc) is 3.07. The zero-order valence-electron chi connectivity index (χ0n) is 17.0. The third-order valence-electron chi connectivity index (χ3n) is 4.53. The Morgan fingerprint density at radius 2 is 1.83 bits per heavy atom. The van der Waals surface area contributed by atoms with Crippen molar-refractivity contribution in [3.63, 3.8) is 0 Å². The van der Waals surface area contributed by atoms with E-state index in [1.807, 2.05) is 50.5 Å². The number of carbonyl (C=O) groups is 1. The van der Waals surface area contributed by atoms with E-state index in [9.17, 15) is 4.79 Å². The molecule has 0 N–H and O–H groups in total. The number of aromatic nitrogens is 3. The Hall–Kier alpha value is -3.55. The van der Waals surface area contributed by atoms with Crippen LogP contribution in [0.2, 0.25) is 0 Å². The summed E-state index contributed by atoms with van der Waals surface area (Å²) in [5, 5.41) is 4.24. The summed E-state index contributed by atoms with van der Waals surface area (Å²) in [7, 11) is 5.23. The highest BCUT2D eigenvalue weighted by Gasteiger charge is 2.10. The maximum absolute atomic E-state index is 10.5. The van der Waals surface area contributed by atoms with Crippen LogP contribution in [-0.2, 0) is 17.9 Å². The van der Waals surface area contributed by atoms with Crippen molar-refractivity contribution in [2.45, 2.75) is 20.0 Å². The van der Waals surface area contributed by atoms with Gasteiger partial charge in [-0.2, -0.15) is 0 Å². The average molecular weight is 396 g/mol. The molecule has 0 spiro atoms. The smallest absolute Gasteiger partial charge is 0.299 e. The summed E-state index contributed by atoms with van der Waals surface area (Å²) < 4.78 is 17.2. The summed E-state index contributed by atoms with van der Waals surface area (Å²) in [6.45, 7) is 3.50. The van der Waals surface area contributed by atoms with Crippen molar-refractivity contribution in [1.82, 2.24) is 14.8 Å². The van der Waals surface area contributed by atoms with Crippen LogP contribution in [0.25, 0.3) is 0 Å². The molecule has 0 bridgehead atoms. The highest BCUT2D eigenvalue weighted by atomic mass is 16.5. The van der Waals surface area contributed by atoms with E-state index in [1.54, 1.807) is 25.0 Å². The number of methoxy groups -OCH3 is 2. The molecule has 0 fully saturated rings. The number of pyridine rings is 1. The molecule has 3 rings (SSSR count). The second-order valence-corrected chi connectivity index (χ2v) is 6.57. The molecule has 0 aliphatic rings. The van der Waals surface area contributed by atoms with E-state index < -0.39 is 0 Å². The number of anilines is 1. The second kappa shape index (κ2) is 9.09. The lowest BCUT2D eigenvalue weighted by Gasteiger charge is -2.19. The molecule has 0 aliphatic heterocycles. The first-order valence-electron chi connectivity index (χ1n) is 9.05. The fourth-order valence-electron chi connectivity index (χ4n) is 2.99. The second-order valence-electron chi connectivity index (χ2n) is 6.57. The molecular weight excluding hydrogens is 372 g/mol. The van der Waals surface area contributed by atoms with Crippen molar-refractivity contribution >= 4 is 12.3 Å². The fourth-order valence-corrected chi connectivity index (χ4v) is 2.99. The van der Waals surface area contributed by atoms with Crippen LogP contribution in [0.3, 0.4) is 0 Å². The SMILES string of the molecule is COc1ccc(CN(C)c2ccc(Cn3nc(OC=O)cc3C)cn2)cc1OC. The minimum atomic E-state index is 0.289. The molecule has 0 atom stereocenters. The van der Waals surface area contributed by atoms with Crippen LogP contribution in [0, 0.1) is 6.92 Å². The molecule has 29 heavy (non-hydrogen) atoms. The largest absolute Gasteiger partial charge is 0.493 e. The first-order chi connectivity index (χ1) is 14.0. The van der Waals surface area contributed by atoms with Gasteiger partial charge in [-0.1, -0.05) is 12.1 Å². The minimum Gasteiger partial charge on any atom is -0.493 e. The maximum Gasteiger partial charge on any atom is 0.299 e. The van der Waals surface area contributed by atoms with E-state index in [2.05, 4.69) is 15.0 Å². The number of hydrogen-bond donors (Lipinski definition) is 0. The van der Waals surface area contributed by atoms with Crippen molar-refractivity contribution in [1.29, 1.82) is 0 Å². The molecule has 2 aromatic heterocycles. The standard InChI is InChI=1S/C21H24N4O4/c1-15-9-21(29-14-26)23-25(15)13-17-6-8-20(22-11-17)24(2)12-16-5-7-18(27-3)19(10-16)28-4/h5-11,14H,12-13H2,1-4H3. The van der Waals surface area contributed by atoms with Gasteiger partial charge in [0.2, 0.25) is 5.88 Å². The third-order valence-corrected chi connectivity index (χ3v) is 4.53. The molecule has 0 unspecified atom stereocenters. The highest BCUT2D eigenvalue weighted by Crippen LogP contribution is 2.28. The summed E-state index contributed by atoms with van der Waals surface area (Å²) in [6, 6.07) is 11.6. The van der Waals surface area contributed by atoms with Gasteiger partial charge in [-0.25, -0.2) is 4.98 Å². The third kappa shape index (κ3) is 4.84. The Morgan fingerprint density at radius 1 is 1.07 bits per heavy atom. The van der Waals surface area contributed by atoms with Crippen LogP contribution >= 0.6 is 0 Å². The van der Waals surface area contributed by atoms with Crippen molar-refractivity contribution < 1.29 is 19.0 Å². The van der Waals surface area contributed by atoms with Crippen LogP contribution in [0.5, 0.6) is 17.4 Å². The van der Waals surface area contributed by atoms with Crippen molar-refractivity contribution in [2.24, 2.45) is 0 Å². The summed E-state index contributed by atoms with van der Waals surface area (Å²) in [5.74, 6) is 2.55. The first kappa shape index (κ1) is 20.2. The Labute approximate surface area is 169 Å². The summed E-state index contributed by atoms with van der Waals surface area (Å²) in [5.41, 5.74) is 2.99. The van der Waals surface area contributed by atoms with E-state index in [-0.39, 0.29) is 5.88 Å². The van der Waals surface area contributed by atoms with E-state index in [1.165, 1.54) is 0 Å². The van der Waals surface area contributed by atoms with Crippen LogP contribution in [0.15, 0.2) is 42.6 Å². The predicted molar refractivity (Wildman–Crippen MR) is 109 cm³/mol. The Morgan fingerprint density at radius 3 is 2.48 bits per heavy atom. The van der Waals surface area contributed by atoms with E-state index in [4.69, 9.17) is 14.2 Å². The molecule has 3 aromatic rings. The number of hydrogen-bond acceptors (Lipinski definition) is 7. The molecule has 152 valence electrons. The lowest BCUT2D eigenvalue weighted by atomic mass is 10.2. The molecule has 8 nitrogen and oxygen atoms in total. The predicted octanol–water partition coefficient (Wildman–Crippen LogP) is 2.82. The molecule has 8 heteroatoms. The van der Waals surface area contributed by atoms with E-state index >= 15 is 0 Å². The fraction of sp³-hybridized carbons (Fsp3) is 0.286. The van der Waals surface area contributed by atoms with Crippen molar-refractivity contribution in [3.05, 3.63) is 59.4 Å². The summed E-state index contributed by atoms with van der Waals surface area (Å²) in [4.78, 5) is 17.1. The number of nitrogens with zero attached hydrogens (tertiary/aromatic N) is 4. The number of carbonyl (C=O) groups excluding carboxylic acids is 1. The molecular formula is C21H24N4O4. The normalized spacial score (nSPS) is 10.5. The first-order valence-corrected chi connectivity index (χ1v) is 9.05. The zero-order chi connectivity index (χ0) is 20.8. The van der Waals surface area contributed by atoms with Crippen LogP contribution < -0.4 is 19.1 Å². The van der Waals surface area contributed by atoms with Gasteiger partial charge in [0.1, 0.15) is 5.82 Å². The Kier molecular flexibility index (Phi) is 6.33. The van der Waals surface area contributed by atoms with Gasteiger partial charge < -0.3 is 19.1 Å². The maximum atomic E-state index is 10.5. The van der Waals surface area contributed by atoms with Gasteiger partial charge in [-0.3, -0.25) is 9.48 Å². The lowest BCUT2D eigenvalue weighted by molar-refractivity contribution is -0.120. The Bertz CT molecular complexity index is 969. The minimum absolute atomic E-state index is 0.289. The summed E-state index contributed by atoms with van der Waals surface area (Å²) >= 11 is 0. The monoisotopic (exact) mass is 396 g/mol. The molecule has 2 heterocycles. The molecule has 0 aliphatic carbocycles. The highest BCUT2D eigenvalue weighted by molar-refractivity contribution is 5.45. The van der Waals surface area contributed by atoms with Gasteiger partial charge >= 0.3 is 0 Å². The topological polar surface area (TPSA) is 78.7 Å². The quantitative estimate of drug-likeness (QED) is 0.515. The van der Waals surface area contributed by atoms with Crippen LogP contribution in [0.4, 0.5) is 5.82 Å². The number of rotatable bonds is 9. The molecule has 1 aromatic carbocycles. The molecule has 0 saturated carbocycles. The van der Waals surface area contributed by atoms with Crippen LogP contribution in [-0.4, -0.2) is 42.5 Å². The van der Waals surface area contributed by atoms with Crippen molar-refractivity contribution in [3.8, 4) is 17.4 Å². The van der Waals surface area contributed by atoms with Gasteiger partial charge in [0, 0.05) is 31.5 Å². The van der Waals surface area contributed by atoms with Gasteiger partial charge in [0.05, 0.1) is 20.8 Å². The zero-order valence-corrected chi connectivity index (χ0v) is 17.0. The van der Waals surface area contributed by atoms with Gasteiger partial charge in [0.25, 0.3) is 6.47 Å². The van der Waals surface area contributed by atoms with Gasteiger partial charge in [-0.05, 0) is 36.2 Å². The van der Waals surface area contributed by atoms with E-state index in [0.717, 1.165) is 22.6 Å². The molecule has 0 saturated heterocycles.